The molecule has 1 aliphatic heterocycles. The van der Waals surface area contributed by atoms with E-state index < -0.39 is 0 Å². The van der Waals surface area contributed by atoms with Crippen LogP contribution in [-0.2, 0) is 11.3 Å². The fourth-order valence-corrected chi connectivity index (χ4v) is 1.20. The Morgan fingerprint density at radius 3 is 3.25 bits per heavy atom. The summed E-state index contributed by atoms with van der Waals surface area (Å²) in [5.41, 5.74) is 1.30. The second kappa shape index (κ2) is 2.48. The first kappa shape index (κ1) is 7.09. The van der Waals surface area contributed by atoms with Crippen molar-refractivity contribution in [2.75, 3.05) is 7.11 Å². The van der Waals surface area contributed by atoms with Crippen molar-refractivity contribution in [3.05, 3.63) is 23.4 Å². The summed E-state index contributed by atoms with van der Waals surface area (Å²) >= 11 is 0. The van der Waals surface area contributed by atoms with Gasteiger partial charge in [-0.25, -0.2) is 9.78 Å². The van der Waals surface area contributed by atoms with Crippen LogP contribution >= 0.6 is 0 Å². The molecule has 0 bridgehead atoms. The summed E-state index contributed by atoms with van der Waals surface area (Å²) in [4.78, 5) is 15.0. The van der Waals surface area contributed by atoms with E-state index in [1.54, 1.807) is 6.07 Å². The van der Waals surface area contributed by atoms with Gasteiger partial charge in [0.25, 0.3) is 0 Å². The lowest BCUT2D eigenvalue weighted by Crippen LogP contribution is -1.96. The molecule has 1 aromatic heterocycles. The van der Waals surface area contributed by atoms with Gasteiger partial charge in [0.05, 0.1) is 18.2 Å². The van der Waals surface area contributed by atoms with Crippen molar-refractivity contribution < 1.29 is 14.3 Å². The van der Waals surface area contributed by atoms with E-state index in [9.17, 15) is 4.79 Å². The molecule has 0 N–H and O–H groups in total. The van der Waals surface area contributed by atoms with E-state index in [4.69, 9.17) is 9.47 Å². The van der Waals surface area contributed by atoms with Gasteiger partial charge in [-0.3, -0.25) is 0 Å². The van der Waals surface area contributed by atoms with Crippen LogP contribution in [0.4, 0.5) is 0 Å². The SMILES string of the molecule is COc1nccc2c1COC2=O. The van der Waals surface area contributed by atoms with E-state index in [0.717, 1.165) is 5.56 Å². The average molecular weight is 165 g/mol. The van der Waals surface area contributed by atoms with E-state index in [1.807, 2.05) is 0 Å². The molecule has 12 heavy (non-hydrogen) atoms. The van der Waals surface area contributed by atoms with Gasteiger partial charge in [-0.15, -0.1) is 0 Å². The van der Waals surface area contributed by atoms with E-state index in [1.165, 1.54) is 13.3 Å². The minimum absolute atomic E-state index is 0.269. The van der Waals surface area contributed by atoms with Crippen LogP contribution in [0.2, 0.25) is 0 Å². The zero-order chi connectivity index (χ0) is 8.55. The van der Waals surface area contributed by atoms with E-state index in [0.29, 0.717) is 11.4 Å². The van der Waals surface area contributed by atoms with Crippen molar-refractivity contribution in [2.24, 2.45) is 0 Å². The maximum absolute atomic E-state index is 11.0. The number of carbonyl (C=O) groups excluding carboxylic acids is 1. The van der Waals surface area contributed by atoms with Gasteiger partial charge in [0, 0.05) is 6.20 Å². The predicted octanol–water partition coefficient (Wildman–Crippen LogP) is 0.761. The number of rotatable bonds is 1. The largest absolute Gasteiger partial charge is 0.481 e. The summed E-state index contributed by atoms with van der Waals surface area (Å²) in [5.74, 6) is 0.170. The number of cyclic esters (lactones) is 1. The zero-order valence-electron chi connectivity index (χ0n) is 6.53. The van der Waals surface area contributed by atoms with Crippen LogP contribution in [0.15, 0.2) is 12.3 Å². The third-order valence-corrected chi connectivity index (χ3v) is 1.78. The van der Waals surface area contributed by atoms with Gasteiger partial charge < -0.3 is 9.47 Å². The molecular formula is C8H7NO3. The maximum atomic E-state index is 11.0. The lowest BCUT2D eigenvalue weighted by Gasteiger charge is -2.00. The first-order chi connectivity index (χ1) is 5.83. The Kier molecular flexibility index (Phi) is 1.46. The molecule has 0 aliphatic carbocycles. The van der Waals surface area contributed by atoms with Gasteiger partial charge in [-0.05, 0) is 6.07 Å². The Labute approximate surface area is 69.1 Å². The lowest BCUT2D eigenvalue weighted by atomic mass is 10.2. The standard InChI is InChI=1S/C8H7NO3/c1-11-7-6-4-12-8(10)5(6)2-3-9-7/h2-3H,4H2,1H3. The molecule has 0 saturated heterocycles. The number of fused-ring (bicyclic) bond motifs is 1. The molecule has 0 amide bonds. The normalized spacial score (nSPS) is 13.9. The molecule has 1 aromatic rings. The quantitative estimate of drug-likeness (QED) is 0.576. The Bertz CT molecular complexity index is 335. The van der Waals surface area contributed by atoms with Crippen molar-refractivity contribution in [1.29, 1.82) is 0 Å². The number of ether oxygens (including phenoxy) is 2. The third kappa shape index (κ3) is 0.845. The second-order valence-corrected chi connectivity index (χ2v) is 2.42. The van der Waals surface area contributed by atoms with Crippen LogP contribution in [0.1, 0.15) is 15.9 Å². The van der Waals surface area contributed by atoms with Gasteiger partial charge in [0.2, 0.25) is 5.88 Å². The molecule has 4 nitrogen and oxygen atoms in total. The van der Waals surface area contributed by atoms with Gasteiger partial charge in [0.1, 0.15) is 6.61 Å². The predicted molar refractivity (Wildman–Crippen MR) is 39.9 cm³/mol. The minimum Gasteiger partial charge on any atom is -0.481 e. The van der Waals surface area contributed by atoms with Crippen LogP contribution < -0.4 is 4.74 Å². The molecule has 0 radical (unpaired) electrons. The highest BCUT2D eigenvalue weighted by Crippen LogP contribution is 2.26. The fraction of sp³-hybridized carbons (Fsp3) is 0.250. The van der Waals surface area contributed by atoms with Crippen molar-refractivity contribution >= 4 is 5.97 Å². The second-order valence-electron chi connectivity index (χ2n) is 2.42. The zero-order valence-corrected chi connectivity index (χ0v) is 6.53. The van der Waals surface area contributed by atoms with Crippen molar-refractivity contribution in [1.82, 2.24) is 4.98 Å². The number of nitrogens with zero attached hydrogens (tertiary/aromatic N) is 1. The Hall–Kier alpha value is -1.58. The van der Waals surface area contributed by atoms with Crippen molar-refractivity contribution in [2.45, 2.75) is 6.61 Å². The first-order valence-corrected chi connectivity index (χ1v) is 3.52. The molecule has 0 spiro atoms. The van der Waals surface area contributed by atoms with Gasteiger partial charge in [-0.1, -0.05) is 0 Å². The molecule has 0 fully saturated rings. The van der Waals surface area contributed by atoms with E-state index >= 15 is 0 Å². The summed E-state index contributed by atoms with van der Waals surface area (Å²) in [5, 5.41) is 0. The van der Waals surface area contributed by atoms with Gasteiger partial charge in [-0.2, -0.15) is 0 Å². The minimum atomic E-state index is -0.300. The van der Waals surface area contributed by atoms with Crippen LogP contribution in [0.25, 0.3) is 0 Å². The van der Waals surface area contributed by atoms with Crippen LogP contribution in [-0.4, -0.2) is 18.1 Å². The van der Waals surface area contributed by atoms with Crippen LogP contribution in [0, 0.1) is 0 Å². The molecule has 4 heteroatoms. The average Bonchev–Trinajstić information content (AvgIpc) is 2.48. The van der Waals surface area contributed by atoms with Gasteiger partial charge in [0.15, 0.2) is 0 Å². The molecule has 1 aliphatic rings. The smallest absolute Gasteiger partial charge is 0.339 e. The van der Waals surface area contributed by atoms with E-state index in [-0.39, 0.29) is 12.6 Å². The monoisotopic (exact) mass is 165 g/mol. The number of methoxy groups -OCH3 is 1. The molecule has 0 aromatic carbocycles. The Balaban J connectivity index is 2.58. The van der Waals surface area contributed by atoms with Crippen LogP contribution in [0.3, 0.4) is 0 Å². The van der Waals surface area contributed by atoms with Crippen molar-refractivity contribution in [3.8, 4) is 5.88 Å². The fourth-order valence-electron chi connectivity index (χ4n) is 1.20. The molecular weight excluding hydrogens is 158 g/mol. The third-order valence-electron chi connectivity index (χ3n) is 1.78. The highest BCUT2D eigenvalue weighted by atomic mass is 16.5. The first-order valence-electron chi connectivity index (χ1n) is 3.52. The molecule has 0 saturated carbocycles. The molecule has 0 atom stereocenters. The summed E-state index contributed by atoms with van der Waals surface area (Å²) in [6.45, 7) is 0.269. The highest BCUT2D eigenvalue weighted by molar-refractivity contribution is 5.93. The number of esters is 1. The van der Waals surface area contributed by atoms with Gasteiger partial charge >= 0.3 is 5.97 Å². The summed E-state index contributed by atoms with van der Waals surface area (Å²) in [6.07, 6.45) is 1.53. The summed E-state index contributed by atoms with van der Waals surface area (Å²) in [6, 6.07) is 1.63. The Morgan fingerprint density at radius 2 is 2.50 bits per heavy atom. The van der Waals surface area contributed by atoms with E-state index in [2.05, 4.69) is 4.98 Å². The number of pyridine rings is 1. The lowest BCUT2D eigenvalue weighted by molar-refractivity contribution is 0.0534. The molecule has 0 unspecified atom stereocenters. The molecule has 62 valence electrons. The van der Waals surface area contributed by atoms with Crippen LogP contribution in [0.5, 0.6) is 5.88 Å². The number of aromatic nitrogens is 1. The Morgan fingerprint density at radius 1 is 1.67 bits per heavy atom. The summed E-state index contributed by atoms with van der Waals surface area (Å²) in [7, 11) is 1.52. The summed E-state index contributed by atoms with van der Waals surface area (Å²) < 4.78 is 9.77. The van der Waals surface area contributed by atoms with Crippen molar-refractivity contribution in [3.63, 3.8) is 0 Å². The molecule has 2 heterocycles. The number of hydrogen-bond donors (Lipinski definition) is 0. The number of hydrogen-bond acceptors (Lipinski definition) is 4. The number of carbonyl (C=O) groups is 1. The molecule has 2 rings (SSSR count). The topological polar surface area (TPSA) is 48.4 Å². The maximum Gasteiger partial charge on any atom is 0.339 e. The highest BCUT2D eigenvalue weighted by Gasteiger charge is 2.24.